The Bertz CT molecular complexity index is 347. The molecule has 0 spiro atoms. The number of hydrogen-bond donors (Lipinski definition) is 1. The Morgan fingerprint density at radius 3 is 2.68 bits per heavy atom. The minimum atomic E-state index is 0.195. The van der Waals surface area contributed by atoms with E-state index >= 15 is 0 Å². The quantitative estimate of drug-likeness (QED) is 0.549. The van der Waals surface area contributed by atoms with Crippen LogP contribution in [0.25, 0.3) is 0 Å². The molecule has 1 fully saturated rings. The lowest BCUT2D eigenvalue weighted by Crippen LogP contribution is -2.34. The van der Waals surface area contributed by atoms with Gasteiger partial charge in [0.05, 0.1) is 6.61 Å². The lowest BCUT2D eigenvalue weighted by atomic mass is 9.61. The molecular weight excluding hydrogens is 252 g/mol. The van der Waals surface area contributed by atoms with Gasteiger partial charge in [0.2, 0.25) is 0 Å². The van der Waals surface area contributed by atoms with Gasteiger partial charge in [-0.25, -0.2) is 0 Å². The Morgan fingerprint density at radius 1 is 1.47 bits per heavy atom. The standard InChI is InChI=1S/C17H28OS/c1-6-17(5)8-7-15(11-16(17)13(2)3)14(4)12-19-10-9-18/h6,15-16,18H,1-2,4,7-12H2,3,5H3. The van der Waals surface area contributed by atoms with Gasteiger partial charge in [0.1, 0.15) is 0 Å². The summed E-state index contributed by atoms with van der Waals surface area (Å²) in [5.41, 5.74) is 2.79. The molecule has 0 aromatic heterocycles. The van der Waals surface area contributed by atoms with E-state index < -0.39 is 0 Å². The highest BCUT2D eigenvalue weighted by Gasteiger charge is 2.38. The second-order valence-corrected chi connectivity index (χ2v) is 7.12. The van der Waals surface area contributed by atoms with Gasteiger partial charge in [-0.1, -0.05) is 37.3 Å². The van der Waals surface area contributed by atoms with Gasteiger partial charge < -0.3 is 5.11 Å². The Kier molecular flexibility index (Phi) is 6.41. The van der Waals surface area contributed by atoms with Gasteiger partial charge in [0.15, 0.2) is 0 Å². The highest BCUT2D eigenvalue weighted by atomic mass is 32.2. The Labute approximate surface area is 122 Å². The number of thioether (sulfide) groups is 1. The molecule has 0 aromatic carbocycles. The summed E-state index contributed by atoms with van der Waals surface area (Å²) in [6.45, 7) is 17.2. The van der Waals surface area contributed by atoms with Crippen molar-refractivity contribution in [3.05, 3.63) is 37.0 Å². The number of aliphatic hydroxyl groups is 1. The van der Waals surface area contributed by atoms with Crippen molar-refractivity contribution in [1.82, 2.24) is 0 Å². The van der Waals surface area contributed by atoms with E-state index in [0.717, 1.165) is 17.9 Å². The molecule has 2 heteroatoms. The van der Waals surface area contributed by atoms with E-state index in [0.29, 0.717) is 11.8 Å². The van der Waals surface area contributed by atoms with Crippen molar-refractivity contribution in [3.63, 3.8) is 0 Å². The van der Waals surface area contributed by atoms with Gasteiger partial charge in [-0.3, -0.25) is 0 Å². The summed E-state index contributed by atoms with van der Waals surface area (Å²) >= 11 is 1.78. The molecule has 1 rings (SSSR count). The van der Waals surface area contributed by atoms with Crippen LogP contribution in [0.15, 0.2) is 37.0 Å². The zero-order valence-corrected chi connectivity index (χ0v) is 13.3. The topological polar surface area (TPSA) is 20.2 Å². The number of hydrogen-bond acceptors (Lipinski definition) is 2. The summed E-state index contributed by atoms with van der Waals surface area (Å²) in [5.74, 6) is 2.89. The maximum absolute atomic E-state index is 8.83. The molecule has 1 nitrogen and oxygen atoms in total. The van der Waals surface area contributed by atoms with Crippen LogP contribution in [0.5, 0.6) is 0 Å². The van der Waals surface area contributed by atoms with Crippen molar-refractivity contribution in [3.8, 4) is 0 Å². The van der Waals surface area contributed by atoms with Crippen molar-refractivity contribution in [2.75, 3.05) is 18.1 Å². The van der Waals surface area contributed by atoms with E-state index in [2.05, 4.69) is 39.7 Å². The first-order valence-electron chi connectivity index (χ1n) is 7.10. The molecule has 0 aromatic rings. The average molecular weight is 280 g/mol. The molecular formula is C17H28OS. The zero-order valence-electron chi connectivity index (χ0n) is 12.5. The van der Waals surface area contributed by atoms with E-state index in [1.165, 1.54) is 24.0 Å². The van der Waals surface area contributed by atoms with Crippen LogP contribution in [-0.4, -0.2) is 23.2 Å². The molecule has 19 heavy (non-hydrogen) atoms. The first kappa shape index (κ1) is 16.6. The maximum Gasteiger partial charge on any atom is 0.0521 e. The molecule has 1 saturated carbocycles. The summed E-state index contributed by atoms with van der Waals surface area (Å²) in [6, 6.07) is 0. The van der Waals surface area contributed by atoms with Crippen LogP contribution in [0.1, 0.15) is 33.1 Å². The number of allylic oxidation sites excluding steroid dienone is 2. The summed E-state index contributed by atoms with van der Waals surface area (Å²) in [6.07, 6.45) is 5.63. The van der Waals surface area contributed by atoms with Gasteiger partial charge in [-0.15, -0.1) is 6.58 Å². The zero-order chi connectivity index (χ0) is 14.5. The third-order valence-electron chi connectivity index (χ3n) is 4.51. The van der Waals surface area contributed by atoms with E-state index in [1.54, 1.807) is 11.8 Å². The Morgan fingerprint density at radius 2 is 2.16 bits per heavy atom. The monoisotopic (exact) mass is 280 g/mol. The number of aliphatic hydroxyl groups excluding tert-OH is 1. The van der Waals surface area contributed by atoms with Crippen LogP contribution < -0.4 is 0 Å². The molecule has 0 saturated heterocycles. The van der Waals surface area contributed by atoms with Crippen LogP contribution >= 0.6 is 11.8 Å². The van der Waals surface area contributed by atoms with Gasteiger partial charge in [-0.2, -0.15) is 11.8 Å². The molecule has 0 radical (unpaired) electrons. The predicted octanol–water partition coefficient (Wildman–Crippen LogP) is 4.45. The van der Waals surface area contributed by atoms with Crippen LogP contribution in [0.4, 0.5) is 0 Å². The Hall–Kier alpha value is -0.470. The summed E-state index contributed by atoms with van der Waals surface area (Å²) < 4.78 is 0. The van der Waals surface area contributed by atoms with E-state index in [1.807, 2.05) is 0 Å². The normalized spacial score (nSPS) is 30.9. The van der Waals surface area contributed by atoms with Crippen LogP contribution in [-0.2, 0) is 0 Å². The second kappa shape index (κ2) is 7.35. The molecule has 0 amide bonds. The van der Waals surface area contributed by atoms with Crippen LogP contribution in [0.3, 0.4) is 0 Å². The fourth-order valence-corrected chi connectivity index (χ4v) is 3.87. The number of rotatable bonds is 7. The maximum atomic E-state index is 8.83. The first-order valence-corrected chi connectivity index (χ1v) is 8.25. The molecule has 0 heterocycles. The largest absolute Gasteiger partial charge is 0.396 e. The van der Waals surface area contributed by atoms with Crippen molar-refractivity contribution >= 4 is 11.8 Å². The van der Waals surface area contributed by atoms with Crippen LogP contribution in [0.2, 0.25) is 0 Å². The van der Waals surface area contributed by atoms with E-state index in [4.69, 9.17) is 5.11 Å². The predicted molar refractivity (Wildman–Crippen MR) is 87.5 cm³/mol. The molecule has 108 valence electrons. The third kappa shape index (κ3) is 4.25. The summed E-state index contributed by atoms with van der Waals surface area (Å²) in [7, 11) is 0. The Balaban J connectivity index is 2.64. The van der Waals surface area contributed by atoms with Crippen molar-refractivity contribution in [1.29, 1.82) is 0 Å². The lowest BCUT2D eigenvalue weighted by molar-refractivity contribution is 0.170. The van der Waals surface area contributed by atoms with Gasteiger partial charge in [0, 0.05) is 11.5 Å². The second-order valence-electron chi connectivity index (χ2n) is 6.01. The first-order chi connectivity index (χ1) is 8.94. The molecule has 3 atom stereocenters. The summed E-state index contributed by atoms with van der Waals surface area (Å²) in [4.78, 5) is 0. The molecule has 1 aliphatic rings. The van der Waals surface area contributed by atoms with E-state index in [9.17, 15) is 0 Å². The average Bonchev–Trinajstić information content (AvgIpc) is 2.39. The van der Waals surface area contributed by atoms with Crippen molar-refractivity contribution in [2.24, 2.45) is 17.3 Å². The smallest absolute Gasteiger partial charge is 0.0521 e. The van der Waals surface area contributed by atoms with Gasteiger partial charge >= 0.3 is 0 Å². The molecule has 1 aliphatic carbocycles. The lowest BCUT2D eigenvalue weighted by Gasteiger charge is -2.44. The molecule has 0 aliphatic heterocycles. The highest BCUT2D eigenvalue weighted by molar-refractivity contribution is 7.99. The van der Waals surface area contributed by atoms with Crippen LogP contribution in [0, 0.1) is 17.3 Å². The minimum absolute atomic E-state index is 0.195. The molecule has 0 bridgehead atoms. The third-order valence-corrected chi connectivity index (χ3v) is 5.56. The minimum Gasteiger partial charge on any atom is -0.396 e. The van der Waals surface area contributed by atoms with Crippen molar-refractivity contribution < 1.29 is 5.11 Å². The fraction of sp³-hybridized carbons (Fsp3) is 0.647. The highest BCUT2D eigenvalue weighted by Crippen LogP contribution is 2.48. The molecule has 3 unspecified atom stereocenters. The van der Waals surface area contributed by atoms with Gasteiger partial charge in [0.25, 0.3) is 0 Å². The fourth-order valence-electron chi connectivity index (χ4n) is 3.10. The molecule has 1 N–H and O–H groups in total. The summed E-state index contributed by atoms with van der Waals surface area (Å²) in [5, 5.41) is 8.83. The van der Waals surface area contributed by atoms with E-state index in [-0.39, 0.29) is 12.0 Å². The SMILES string of the molecule is C=CC1(C)CCC(C(=C)CSCCO)CC1C(=C)C. The van der Waals surface area contributed by atoms with Gasteiger partial charge in [-0.05, 0) is 43.4 Å². The van der Waals surface area contributed by atoms with Crippen molar-refractivity contribution in [2.45, 2.75) is 33.1 Å².